The summed E-state index contributed by atoms with van der Waals surface area (Å²) < 4.78 is 13.5. The summed E-state index contributed by atoms with van der Waals surface area (Å²) in [5.74, 6) is 5.80. The molecule has 2 nitrogen and oxygen atoms in total. The normalized spacial score (nSPS) is 11.8. The van der Waals surface area contributed by atoms with E-state index in [4.69, 9.17) is 10.2 Å². The summed E-state index contributed by atoms with van der Waals surface area (Å²) in [6.45, 7) is 2.06. The average Bonchev–Trinajstić information content (AvgIpc) is 2.39. The van der Waals surface area contributed by atoms with Crippen LogP contribution in [0.3, 0.4) is 0 Å². The molecule has 0 saturated carbocycles. The van der Waals surface area contributed by atoms with E-state index in [2.05, 4.69) is 11.8 Å². The van der Waals surface area contributed by atoms with E-state index >= 15 is 0 Å². The van der Waals surface area contributed by atoms with Crippen LogP contribution in [-0.4, -0.2) is 28.7 Å². The number of rotatable bonds is 5. The first kappa shape index (κ1) is 15.0. The third-order valence-electron chi connectivity index (χ3n) is 2.28. The van der Waals surface area contributed by atoms with Gasteiger partial charge in [-0.3, -0.25) is 0 Å². The highest BCUT2D eigenvalue weighted by molar-refractivity contribution is 7.99. The van der Waals surface area contributed by atoms with E-state index in [0.717, 1.165) is 11.3 Å². The van der Waals surface area contributed by atoms with Crippen LogP contribution in [0.2, 0.25) is 0 Å². The monoisotopic (exact) mass is 268 g/mol. The van der Waals surface area contributed by atoms with Crippen molar-refractivity contribution >= 4 is 11.8 Å². The first-order chi connectivity index (χ1) is 8.67. The van der Waals surface area contributed by atoms with Gasteiger partial charge in [0.1, 0.15) is 5.82 Å². The summed E-state index contributed by atoms with van der Waals surface area (Å²) in [4.78, 5) is 0. The zero-order valence-corrected chi connectivity index (χ0v) is 11.1. The van der Waals surface area contributed by atoms with Crippen molar-refractivity contribution in [1.29, 1.82) is 0 Å². The number of aliphatic hydroxyl groups excluding tert-OH is 2. The summed E-state index contributed by atoms with van der Waals surface area (Å²) >= 11 is 1.61. The van der Waals surface area contributed by atoms with Gasteiger partial charge >= 0.3 is 0 Å². The molecule has 0 aromatic heterocycles. The van der Waals surface area contributed by atoms with Gasteiger partial charge in [0.15, 0.2) is 0 Å². The molecule has 98 valence electrons. The van der Waals surface area contributed by atoms with Gasteiger partial charge in [-0.05, 0) is 17.7 Å². The predicted octanol–water partition coefficient (Wildman–Crippen LogP) is 2.17. The molecule has 0 spiro atoms. The number of hydrogen-bond acceptors (Lipinski definition) is 3. The molecule has 4 heteroatoms. The van der Waals surface area contributed by atoms with Crippen LogP contribution in [-0.2, 0) is 5.75 Å². The highest BCUT2D eigenvalue weighted by Crippen LogP contribution is 2.19. The first-order valence-electron chi connectivity index (χ1n) is 5.78. The van der Waals surface area contributed by atoms with Gasteiger partial charge < -0.3 is 10.2 Å². The quantitative estimate of drug-likeness (QED) is 0.804. The molecule has 0 bridgehead atoms. The van der Waals surface area contributed by atoms with Crippen LogP contribution in [0.25, 0.3) is 0 Å². The Morgan fingerprint density at radius 1 is 1.39 bits per heavy atom. The minimum Gasteiger partial charge on any atom is -0.395 e. The van der Waals surface area contributed by atoms with Crippen molar-refractivity contribution in [2.24, 2.45) is 0 Å². The molecular weight excluding hydrogens is 251 g/mol. The Labute approximate surface area is 111 Å². The van der Waals surface area contributed by atoms with Crippen molar-refractivity contribution in [1.82, 2.24) is 0 Å². The molecule has 0 aliphatic heterocycles. The molecule has 1 rings (SSSR count). The van der Waals surface area contributed by atoms with E-state index in [1.54, 1.807) is 23.9 Å². The van der Waals surface area contributed by atoms with Gasteiger partial charge in [-0.25, -0.2) is 4.39 Å². The van der Waals surface area contributed by atoms with E-state index in [-0.39, 0.29) is 24.3 Å². The van der Waals surface area contributed by atoms with Crippen molar-refractivity contribution in [3.05, 3.63) is 35.1 Å². The number of hydrogen-bond donors (Lipinski definition) is 2. The molecule has 0 saturated heterocycles. The highest BCUT2D eigenvalue weighted by Gasteiger charge is 2.04. The van der Waals surface area contributed by atoms with Crippen LogP contribution in [0.15, 0.2) is 18.2 Å². The molecule has 18 heavy (non-hydrogen) atoms. The van der Waals surface area contributed by atoms with E-state index < -0.39 is 0 Å². The summed E-state index contributed by atoms with van der Waals surface area (Å²) in [6.07, 6.45) is 0.347. The molecule has 1 aromatic carbocycles. The number of halogens is 1. The minimum absolute atomic E-state index is 0.0157. The van der Waals surface area contributed by atoms with Crippen LogP contribution in [0.1, 0.15) is 24.5 Å². The third kappa shape index (κ3) is 5.09. The van der Waals surface area contributed by atoms with Crippen LogP contribution in [0.5, 0.6) is 0 Å². The maximum absolute atomic E-state index is 13.5. The second-order valence-electron chi connectivity index (χ2n) is 3.89. The van der Waals surface area contributed by atoms with E-state index in [0.29, 0.717) is 12.0 Å². The van der Waals surface area contributed by atoms with Gasteiger partial charge in [0.25, 0.3) is 0 Å². The van der Waals surface area contributed by atoms with Gasteiger partial charge in [-0.2, -0.15) is 11.8 Å². The molecule has 0 aliphatic rings. The molecule has 0 radical (unpaired) electrons. The zero-order chi connectivity index (χ0) is 13.4. The van der Waals surface area contributed by atoms with Crippen LogP contribution < -0.4 is 0 Å². The fourth-order valence-electron chi connectivity index (χ4n) is 1.26. The fourth-order valence-corrected chi connectivity index (χ4v) is 2.02. The summed E-state index contributed by atoms with van der Waals surface area (Å²) in [5, 5.41) is 17.7. The SMILES string of the molecule is CC(CO)SCc1ccc(F)c(C#CCCO)c1. The molecule has 1 atom stereocenters. The lowest BCUT2D eigenvalue weighted by Gasteiger charge is -2.07. The molecule has 1 aromatic rings. The molecule has 0 aliphatic carbocycles. The summed E-state index contributed by atoms with van der Waals surface area (Å²) in [7, 11) is 0. The summed E-state index contributed by atoms with van der Waals surface area (Å²) in [6, 6.07) is 4.85. The van der Waals surface area contributed by atoms with Crippen LogP contribution in [0, 0.1) is 17.7 Å². The van der Waals surface area contributed by atoms with E-state index in [1.807, 2.05) is 6.92 Å². The Hall–Kier alpha value is -1.02. The van der Waals surface area contributed by atoms with Crippen LogP contribution in [0.4, 0.5) is 4.39 Å². The number of benzene rings is 1. The Morgan fingerprint density at radius 3 is 2.83 bits per heavy atom. The van der Waals surface area contributed by atoms with Crippen molar-refractivity contribution in [2.45, 2.75) is 24.3 Å². The molecule has 0 heterocycles. The Morgan fingerprint density at radius 2 is 2.17 bits per heavy atom. The lowest BCUT2D eigenvalue weighted by Crippen LogP contribution is -2.02. The molecule has 0 amide bonds. The second kappa shape index (κ2) is 8.15. The van der Waals surface area contributed by atoms with Gasteiger partial charge in [-0.15, -0.1) is 0 Å². The second-order valence-corrected chi connectivity index (χ2v) is 5.32. The average molecular weight is 268 g/mol. The Bertz CT molecular complexity index is 437. The van der Waals surface area contributed by atoms with E-state index in [1.165, 1.54) is 6.07 Å². The smallest absolute Gasteiger partial charge is 0.138 e. The van der Waals surface area contributed by atoms with Crippen LogP contribution >= 0.6 is 11.8 Å². The maximum Gasteiger partial charge on any atom is 0.138 e. The fraction of sp³-hybridized carbons (Fsp3) is 0.429. The number of aliphatic hydroxyl groups is 2. The zero-order valence-electron chi connectivity index (χ0n) is 10.3. The lowest BCUT2D eigenvalue weighted by atomic mass is 10.1. The molecule has 1 unspecified atom stereocenters. The van der Waals surface area contributed by atoms with E-state index in [9.17, 15) is 4.39 Å². The minimum atomic E-state index is -0.343. The Balaban J connectivity index is 2.72. The maximum atomic E-state index is 13.5. The van der Waals surface area contributed by atoms with Crippen molar-refractivity contribution in [3.63, 3.8) is 0 Å². The van der Waals surface area contributed by atoms with Crippen molar-refractivity contribution < 1.29 is 14.6 Å². The van der Waals surface area contributed by atoms with Crippen molar-refractivity contribution in [2.75, 3.05) is 13.2 Å². The third-order valence-corrected chi connectivity index (χ3v) is 3.50. The van der Waals surface area contributed by atoms with Gasteiger partial charge in [0.05, 0.1) is 18.8 Å². The number of thioether (sulfide) groups is 1. The summed E-state index contributed by atoms with van der Waals surface area (Å²) in [5.41, 5.74) is 1.34. The standard InChI is InChI=1S/C14H17FO2S/c1-11(9-17)18-10-12-5-6-14(15)13(8-12)4-2-3-7-16/h5-6,8,11,16-17H,3,7,9-10H2,1H3. The lowest BCUT2D eigenvalue weighted by molar-refractivity contribution is 0.300. The van der Waals surface area contributed by atoms with Gasteiger partial charge in [-0.1, -0.05) is 24.8 Å². The van der Waals surface area contributed by atoms with Gasteiger partial charge in [0, 0.05) is 17.4 Å². The molecule has 2 N–H and O–H groups in total. The van der Waals surface area contributed by atoms with Gasteiger partial charge in [0.2, 0.25) is 0 Å². The first-order valence-corrected chi connectivity index (χ1v) is 6.83. The topological polar surface area (TPSA) is 40.5 Å². The largest absolute Gasteiger partial charge is 0.395 e. The van der Waals surface area contributed by atoms with Crippen molar-refractivity contribution in [3.8, 4) is 11.8 Å². The predicted molar refractivity (Wildman–Crippen MR) is 72.8 cm³/mol. The Kier molecular flexibility index (Phi) is 6.81. The molecule has 0 fully saturated rings. The highest BCUT2D eigenvalue weighted by atomic mass is 32.2. The molecular formula is C14H17FO2S.